The van der Waals surface area contributed by atoms with Crippen LogP contribution in [-0.4, -0.2) is 4.98 Å². The minimum atomic E-state index is 0. The Labute approximate surface area is 98.6 Å². The minimum absolute atomic E-state index is 0. The van der Waals surface area contributed by atoms with Gasteiger partial charge < -0.3 is 0 Å². The van der Waals surface area contributed by atoms with Gasteiger partial charge in [0.15, 0.2) is 0 Å². The van der Waals surface area contributed by atoms with Crippen LogP contribution in [-0.2, 0) is 20.1 Å². The Hall–Kier alpha value is -0.981. The molecule has 0 aliphatic heterocycles. The summed E-state index contributed by atoms with van der Waals surface area (Å²) in [5.41, 5.74) is 1.29. The fourth-order valence-corrected chi connectivity index (χ4v) is 0.783. The van der Waals surface area contributed by atoms with Crippen LogP contribution in [0.3, 0.4) is 0 Å². The summed E-state index contributed by atoms with van der Waals surface area (Å²) >= 11 is 0. The van der Waals surface area contributed by atoms with Crippen molar-refractivity contribution in [3.05, 3.63) is 66.5 Å². The Bertz CT molecular complexity index is 281. The average molecular weight is 362 g/mol. The minimum Gasteiger partial charge on any atom is -0.265 e. The van der Waals surface area contributed by atoms with Gasteiger partial charge in [-0.2, -0.15) is 35.9 Å². The van der Waals surface area contributed by atoms with Gasteiger partial charge in [0.25, 0.3) is 0 Å². The normalized spacial score (nSPS) is 7.79. The van der Waals surface area contributed by atoms with Gasteiger partial charge in [-0.25, -0.2) is 0 Å². The monoisotopic (exact) mass is 363 g/mol. The Morgan fingerprint density at radius 1 is 1.00 bits per heavy atom. The van der Waals surface area contributed by atoms with E-state index in [2.05, 4.69) is 18.0 Å². The molecule has 1 aromatic heterocycles. The van der Waals surface area contributed by atoms with E-state index in [4.69, 9.17) is 0 Å². The predicted molar refractivity (Wildman–Crippen MR) is 54.3 cm³/mol. The summed E-state index contributed by atoms with van der Waals surface area (Å²) in [5, 5.41) is 0. The number of hydrogen-bond acceptors (Lipinski definition) is 1. The van der Waals surface area contributed by atoms with E-state index in [-0.39, 0.29) is 20.1 Å². The fourth-order valence-electron chi connectivity index (χ4n) is 0.783. The molecule has 0 atom stereocenters. The van der Waals surface area contributed by atoms with Crippen molar-refractivity contribution >= 4 is 0 Å². The first kappa shape index (κ1) is 13.0. The Kier molecular flexibility index (Phi) is 8.01. The molecule has 0 N–H and O–H groups in total. The van der Waals surface area contributed by atoms with Gasteiger partial charge >= 0.3 is 0 Å². The molecule has 0 amide bonds. The molecule has 75 valence electrons. The molecule has 0 unspecified atom stereocenters. The molecular weight excluding hydrogens is 350 g/mol. The quantitative estimate of drug-likeness (QED) is 0.657. The third-order valence-corrected chi connectivity index (χ3v) is 1.45. The number of nitrogens with zero attached hydrogens (tertiary/aromatic N) is 1. The first-order valence-electron chi connectivity index (χ1n) is 4.17. The molecule has 0 spiro atoms. The third-order valence-electron chi connectivity index (χ3n) is 1.45. The first-order chi connectivity index (χ1) is 6.39. The van der Waals surface area contributed by atoms with Crippen LogP contribution in [0.2, 0.25) is 0 Å². The van der Waals surface area contributed by atoms with Crippen molar-refractivity contribution in [2.24, 2.45) is 0 Å². The predicted octanol–water partition coefficient (Wildman–Crippen LogP) is 2.87. The van der Waals surface area contributed by atoms with Crippen LogP contribution in [0.5, 0.6) is 0 Å². The molecule has 0 aliphatic carbocycles. The van der Waals surface area contributed by atoms with Gasteiger partial charge in [-0.15, -0.1) is 0 Å². The fraction of sp³-hybridized carbons (Fsp3) is 0.0833. The SMILES string of the molecule is Cc1cc[c-]cc1.[Ir].c1ccncc1. The summed E-state index contributed by atoms with van der Waals surface area (Å²) in [6.45, 7) is 2.06. The molecule has 14 heavy (non-hydrogen) atoms. The number of pyridine rings is 1. The maximum Gasteiger partial charge on any atom is 0.0267 e. The van der Waals surface area contributed by atoms with Crippen molar-refractivity contribution in [3.8, 4) is 0 Å². The maximum atomic E-state index is 3.78. The van der Waals surface area contributed by atoms with Crippen LogP contribution < -0.4 is 0 Å². The van der Waals surface area contributed by atoms with Crippen LogP contribution in [0.4, 0.5) is 0 Å². The van der Waals surface area contributed by atoms with E-state index in [9.17, 15) is 0 Å². The van der Waals surface area contributed by atoms with Crippen molar-refractivity contribution in [2.75, 3.05) is 0 Å². The van der Waals surface area contributed by atoms with E-state index in [1.807, 2.05) is 42.5 Å². The van der Waals surface area contributed by atoms with Gasteiger partial charge in [-0.3, -0.25) is 4.98 Å². The number of aryl methyl sites for hydroxylation is 1. The summed E-state index contributed by atoms with van der Waals surface area (Å²) in [7, 11) is 0. The second kappa shape index (κ2) is 8.61. The van der Waals surface area contributed by atoms with Crippen LogP contribution in [0, 0.1) is 13.0 Å². The molecule has 2 heteroatoms. The number of hydrogen-bond donors (Lipinski definition) is 0. The Morgan fingerprint density at radius 2 is 1.57 bits per heavy atom. The van der Waals surface area contributed by atoms with Gasteiger partial charge in [-0.05, 0) is 12.1 Å². The molecule has 1 radical (unpaired) electrons. The van der Waals surface area contributed by atoms with Gasteiger partial charge in [0.05, 0.1) is 0 Å². The average Bonchev–Trinajstić information content (AvgIpc) is 2.22. The number of aromatic nitrogens is 1. The van der Waals surface area contributed by atoms with Crippen molar-refractivity contribution in [1.29, 1.82) is 0 Å². The zero-order chi connectivity index (χ0) is 9.36. The van der Waals surface area contributed by atoms with Gasteiger partial charge in [0.2, 0.25) is 0 Å². The van der Waals surface area contributed by atoms with Crippen LogP contribution in [0.25, 0.3) is 0 Å². The van der Waals surface area contributed by atoms with E-state index in [1.165, 1.54) is 5.56 Å². The van der Waals surface area contributed by atoms with Crippen molar-refractivity contribution in [2.45, 2.75) is 6.92 Å². The molecule has 0 fully saturated rings. The molecule has 2 aromatic rings. The standard InChI is InChI=1S/C7H7.C5H5N.Ir/c1-7-5-3-2-4-6-7;1-2-4-6-5-3-1;/h3-6H,1H3;1-5H;/q-1;;. The first-order valence-corrected chi connectivity index (χ1v) is 4.17. The smallest absolute Gasteiger partial charge is 0.0267 e. The van der Waals surface area contributed by atoms with Crippen LogP contribution in [0.15, 0.2) is 54.9 Å². The maximum absolute atomic E-state index is 3.78. The van der Waals surface area contributed by atoms with Crippen molar-refractivity contribution in [3.63, 3.8) is 0 Å². The van der Waals surface area contributed by atoms with Crippen molar-refractivity contribution in [1.82, 2.24) is 4.98 Å². The zero-order valence-corrected chi connectivity index (χ0v) is 10.4. The van der Waals surface area contributed by atoms with Gasteiger partial charge in [0, 0.05) is 32.5 Å². The molecule has 0 bridgehead atoms. The number of rotatable bonds is 0. The summed E-state index contributed by atoms with van der Waals surface area (Å²) in [6, 6.07) is 16.5. The molecule has 1 heterocycles. The summed E-state index contributed by atoms with van der Waals surface area (Å²) in [5.74, 6) is 0. The third kappa shape index (κ3) is 6.53. The van der Waals surface area contributed by atoms with E-state index >= 15 is 0 Å². The van der Waals surface area contributed by atoms with E-state index in [0.717, 1.165) is 0 Å². The zero-order valence-electron chi connectivity index (χ0n) is 7.98. The summed E-state index contributed by atoms with van der Waals surface area (Å²) in [4.78, 5) is 3.78. The summed E-state index contributed by atoms with van der Waals surface area (Å²) in [6.07, 6.45) is 3.50. The van der Waals surface area contributed by atoms with Gasteiger partial charge in [-0.1, -0.05) is 13.0 Å². The van der Waals surface area contributed by atoms with Crippen LogP contribution in [0.1, 0.15) is 5.56 Å². The van der Waals surface area contributed by atoms with E-state index < -0.39 is 0 Å². The molecule has 0 saturated carbocycles. The van der Waals surface area contributed by atoms with Crippen LogP contribution >= 0.6 is 0 Å². The largest absolute Gasteiger partial charge is 0.265 e. The topological polar surface area (TPSA) is 12.9 Å². The number of benzene rings is 1. The molecular formula is C12H12IrN-. The molecule has 0 aliphatic rings. The molecule has 1 aromatic carbocycles. The Morgan fingerprint density at radius 3 is 1.79 bits per heavy atom. The molecule has 0 saturated heterocycles. The Balaban J connectivity index is 0.000000227. The van der Waals surface area contributed by atoms with E-state index in [0.29, 0.717) is 0 Å². The molecule has 1 nitrogen and oxygen atoms in total. The van der Waals surface area contributed by atoms with Crippen molar-refractivity contribution < 1.29 is 20.1 Å². The summed E-state index contributed by atoms with van der Waals surface area (Å²) < 4.78 is 0. The second-order valence-corrected chi connectivity index (χ2v) is 2.60. The van der Waals surface area contributed by atoms with Gasteiger partial charge in [0.1, 0.15) is 0 Å². The second-order valence-electron chi connectivity index (χ2n) is 2.60. The van der Waals surface area contributed by atoms with E-state index in [1.54, 1.807) is 12.4 Å². The molecule has 2 rings (SSSR count).